The Morgan fingerprint density at radius 1 is 0.967 bits per heavy atom. The van der Waals surface area contributed by atoms with Gasteiger partial charge in [0.05, 0.1) is 18.5 Å². The molecule has 4 rings (SSSR count). The molecule has 156 valence electrons. The monoisotopic (exact) mass is 406 g/mol. The molecule has 0 atom stereocenters. The van der Waals surface area contributed by atoms with Crippen LogP contribution in [-0.4, -0.2) is 55.7 Å². The molecule has 2 aromatic carbocycles. The van der Waals surface area contributed by atoms with Gasteiger partial charge in [-0.25, -0.2) is 5.01 Å². The fourth-order valence-corrected chi connectivity index (χ4v) is 3.82. The van der Waals surface area contributed by atoms with Crippen LogP contribution >= 0.6 is 0 Å². The Balaban J connectivity index is 1.45. The SMILES string of the molecule is COc1ccccc1N1CCN(C(=O)C2=NN(c3ccc(C)cc3)C(=O)CC2)CC1. The summed E-state index contributed by atoms with van der Waals surface area (Å²) in [6.45, 7) is 4.65. The molecular formula is C23H26N4O3. The Morgan fingerprint density at radius 3 is 2.37 bits per heavy atom. The number of amides is 2. The number of carbonyl (C=O) groups is 2. The summed E-state index contributed by atoms with van der Waals surface area (Å²) in [6, 6.07) is 15.5. The molecule has 1 fully saturated rings. The number of nitrogens with zero attached hydrogens (tertiary/aromatic N) is 4. The molecule has 7 nitrogen and oxygen atoms in total. The highest BCUT2D eigenvalue weighted by molar-refractivity contribution is 6.40. The molecule has 2 aliphatic heterocycles. The summed E-state index contributed by atoms with van der Waals surface area (Å²) < 4.78 is 5.46. The van der Waals surface area contributed by atoms with Crippen LogP contribution in [0.1, 0.15) is 18.4 Å². The Morgan fingerprint density at radius 2 is 1.67 bits per heavy atom. The minimum Gasteiger partial charge on any atom is -0.495 e. The number of hydrazone groups is 1. The number of methoxy groups -OCH3 is 1. The number of ether oxygens (including phenoxy) is 1. The van der Waals surface area contributed by atoms with Gasteiger partial charge in [-0.05, 0) is 31.2 Å². The molecule has 7 heteroatoms. The topological polar surface area (TPSA) is 65.5 Å². The van der Waals surface area contributed by atoms with Crippen LogP contribution in [0, 0.1) is 6.92 Å². The summed E-state index contributed by atoms with van der Waals surface area (Å²) >= 11 is 0. The van der Waals surface area contributed by atoms with Crippen LogP contribution in [0.5, 0.6) is 5.75 Å². The lowest BCUT2D eigenvalue weighted by molar-refractivity contribution is -0.124. The zero-order chi connectivity index (χ0) is 21.1. The van der Waals surface area contributed by atoms with E-state index in [0.717, 1.165) is 30.1 Å². The maximum Gasteiger partial charge on any atom is 0.270 e. The predicted octanol–water partition coefficient (Wildman–Crippen LogP) is 2.84. The first-order valence-electron chi connectivity index (χ1n) is 10.2. The molecule has 30 heavy (non-hydrogen) atoms. The maximum atomic E-state index is 13.1. The summed E-state index contributed by atoms with van der Waals surface area (Å²) in [7, 11) is 1.67. The van der Waals surface area contributed by atoms with E-state index in [-0.39, 0.29) is 11.8 Å². The second kappa shape index (κ2) is 8.57. The minimum atomic E-state index is -0.0867. The standard InChI is InChI=1S/C23H26N4O3/c1-17-7-9-18(10-8-17)27-22(28)12-11-19(24-27)23(29)26-15-13-25(14-16-26)20-5-3-4-6-21(20)30-2/h3-10H,11-16H2,1-2H3. The van der Waals surface area contributed by atoms with Crippen LogP contribution in [0.15, 0.2) is 53.6 Å². The van der Waals surface area contributed by atoms with E-state index in [2.05, 4.69) is 10.0 Å². The van der Waals surface area contributed by atoms with E-state index >= 15 is 0 Å². The fourth-order valence-electron chi connectivity index (χ4n) is 3.82. The number of benzene rings is 2. The van der Waals surface area contributed by atoms with E-state index < -0.39 is 0 Å². The van der Waals surface area contributed by atoms with Crippen LogP contribution in [0.25, 0.3) is 0 Å². The summed E-state index contributed by atoms with van der Waals surface area (Å²) in [6.07, 6.45) is 0.673. The molecule has 0 unspecified atom stereocenters. The Kier molecular flexibility index (Phi) is 5.70. The van der Waals surface area contributed by atoms with Crippen molar-refractivity contribution in [2.75, 3.05) is 43.2 Å². The first kappa shape index (κ1) is 19.9. The Bertz CT molecular complexity index is 963. The highest BCUT2D eigenvalue weighted by atomic mass is 16.5. The van der Waals surface area contributed by atoms with Gasteiger partial charge in [-0.3, -0.25) is 9.59 Å². The third kappa shape index (κ3) is 4.01. The van der Waals surface area contributed by atoms with Gasteiger partial charge in [0, 0.05) is 39.0 Å². The molecule has 0 aromatic heterocycles. The number of hydrogen-bond acceptors (Lipinski definition) is 5. The normalized spacial score (nSPS) is 17.1. The van der Waals surface area contributed by atoms with Gasteiger partial charge >= 0.3 is 0 Å². The van der Waals surface area contributed by atoms with Crippen LogP contribution in [0.2, 0.25) is 0 Å². The third-order valence-corrected chi connectivity index (χ3v) is 5.55. The van der Waals surface area contributed by atoms with Gasteiger partial charge in [0.1, 0.15) is 11.5 Å². The van der Waals surface area contributed by atoms with Crippen molar-refractivity contribution in [2.24, 2.45) is 5.10 Å². The van der Waals surface area contributed by atoms with E-state index in [1.807, 2.05) is 60.4 Å². The molecule has 2 heterocycles. The van der Waals surface area contributed by atoms with Gasteiger partial charge in [-0.15, -0.1) is 0 Å². The Labute approximate surface area is 176 Å². The predicted molar refractivity (Wildman–Crippen MR) is 117 cm³/mol. The van der Waals surface area contributed by atoms with E-state index in [9.17, 15) is 9.59 Å². The van der Waals surface area contributed by atoms with E-state index in [1.165, 1.54) is 5.01 Å². The molecule has 2 amide bonds. The molecule has 0 aliphatic carbocycles. The van der Waals surface area contributed by atoms with Crippen LogP contribution < -0.4 is 14.6 Å². The van der Waals surface area contributed by atoms with Crippen molar-refractivity contribution in [1.82, 2.24) is 4.90 Å². The second-order valence-corrected chi connectivity index (χ2v) is 7.54. The van der Waals surface area contributed by atoms with Gasteiger partial charge in [0.15, 0.2) is 0 Å². The quantitative estimate of drug-likeness (QED) is 0.783. The molecule has 0 radical (unpaired) electrons. The number of piperazine rings is 1. The zero-order valence-corrected chi connectivity index (χ0v) is 17.4. The van der Waals surface area contributed by atoms with Gasteiger partial charge in [-0.1, -0.05) is 29.8 Å². The van der Waals surface area contributed by atoms with E-state index in [4.69, 9.17) is 4.74 Å². The Hall–Kier alpha value is -3.35. The molecule has 2 aromatic rings. The number of carbonyl (C=O) groups excluding carboxylic acids is 2. The summed E-state index contributed by atoms with van der Waals surface area (Å²) in [4.78, 5) is 29.5. The van der Waals surface area contributed by atoms with Crippen molar-refractivity contribution in [3.63, 3.8) is 0 Å². The first-order valence-corrected chi connectivity index (χ1v) is 10.2. The largest absolute Gasteiger partial charge is 0.495 e. The third-order valence-electron chi connectivity index (χ3n) is 5.55. The van der Waals surface area contributed by atoms with Crippen LogP contribution in [0.3, 0.4) is 0 Å². The van der Waals surface area contributed by atoms with Gasteiger partial charge in [-0.2, -0.15) is 5.10 Å². The van der Waals surface area contributed by atoms with Crippen molar-refractivity contribution in [3.8, 4) is 5.75 Å². The molecule has 0 saturated carbocycles. The lowest BCUT2D eigenvalue weighted by Crippen LogP contribution is -2.51. The lowest BCUT2D eigenvalue weighted by atomic mass is 10.1. The minimum absolute atomic E-state index is 0.0840. The van der Waals surface area contributed by atoms with Crippen molar-refractivity contribution in [3.05, 3.63) is 54.1 Å². The highest BCUT2D eigenvalue weighted by Gasteiger charge is 2.30. The van der Waals surface area contributed by atoms with Gasteiger partial charge < -0.3 is 14.5 Å². The molecular weight excluding hydrogens is 380 g/mol. The summed E-state index contributed by atoms with van der Waals surface area (Å²) in [5.74, 6) is 0.664. The average Bonchev–Trinajstić information content (AvgIpc) is 2.80. The van der Waals surface area contributed by atoms with Gasteiger partial charge in [0.2, 0.25) is 5.91 Å². The van der Waals surface area contributed by atoms with Crippen molar-refractivity contribution in [1.29, 1.82) is 0 Å². The zero-order valence-electron chi connectivity index (χ0n) is 17.4. The highest BCUT2D eigenvalue weighted by Crippen LogP contribution is 2.28. The van der Waals surface area contributed by atoms with E-state index in [0.29, 0.717) is 37.3 Å². The van der Waals surface area contributed by atoms with Crippen molar-refractivity contribution < 1.29 is 14.3 Å². The maximum absolute atomic E-state index is 13.1. The smallest absolute Gasteiger partial charge is 0.270 e. The van der Waals surface area contributed by atoms with Gasteiger partial charge in [0.25, 0.3) is 5.91 Å². The fraction of sp³-hybridized carbons (Fsp3) is 0.348. The number of aryl methyl sites for hydroxylation is 1. The number of hydrogen-bond donors (Lipinski definition) is 0. The molecule has 0 spiro atoms. The lowest BCUT2D eigenvalue weighted by Gasteiger charge is -2.37. The molecule has 0 bridgehead atoms. The van der Waals surface area contributed by atoms with Crippen LogP contribution in [-0.2, 0) is 9.59 Å². The number of rotatable bonds is 4. The van der Waals surface area contributed by atoms with Crippen LogP contribution in [0.4, 0.5) is 11.4 Å². The average molecular weight is 406 g/mol. The number of para-hydroxylation sites is 2. The first-order chi connectivity index (χ1) is 14.6. The summed E-state index contributed by atoms with van der Waals surface area (Å²) in [5.41, 5.74) is 3.28. The van der Waals surface area contributed by atoms with Crippen molar-refractivity contribution in [2.45, 2.75) is 19.8 Å². The van der Waals surface area contributed by atoms with Crippen molar-refractivity contribution >= 4 is 28.9 Å². The molecule has 0 N–H and O–H groups in total. The van der Waals surface area contributed by atoms with E-state index in [1.54, 1.807) is 7.11 Å². The second-order valence-electron chi connectivity index (χ2n) is 7.54. The number of anilines is 2. The molecule has 1 saturated heterocycles. The molecule has 2 aliphatic rings. The summed E-state index contributed by atoms with van der Waals surface area (Å²) in [5, 5.41) is 5.78.